The summed E-state index contributed by atoms with van der Waals surface area (Å²) in [6, 6.07) is 3.21. The van der Waals surface area contributed by atoms with Crippen molar-refractivity contribution in [3.8, 4) is 0 Å². The van der Waals surface area contributed by atoms with Crippen molar-refractivity contribution < 1.29 is 19.5 Å². The van der Waals surface area contributed by atoms with Crippen molar-refractivity contribution in [1.82, 2.24) is 10.6 Å². The van der Waals surface area contributed by atoms with E-state index >= 15 is 0 Å². The molecule has 0 spiro atoms. The standard InChI is InChI=1S/C17H24N2O4S/c20-15(9-10-18-16(21)14-8-5-11-24-14)19-13-7-4-2-1-3-6-12(13)17(22)23/h5,8,11-13H,1-4,6-7,9-10H2,(H,18,21)(H,19,20)(H,22,23). The van der Waals surface area contributed by atoms with Gasteiger partial charge >= 0.3 is 5.97 Å². The van der Waals surface area contributed by atoms with E-state index in [0.717, 1.165) is 25.7 Å². The predicted octanol–water partition coefficient (Wildman–Crippen LogP) is 2.41. The fourth-order valence-electron chi connectivity index (χ4n) is 3.02. The molecule has 2 atom stereocenters. The quantitative estimate of drug-likeness (QED) is 0.732. The van der Waals surface area contributed by atoms with Crippen molar-refractivity contribution in [2.24, 2.45) is 5.92 Å². The highest BCUT2D eigenvalue weighted by atomic mass is 32.1. The molecular weight excluding hydrogens is 328 g/mol. The van der Waals surface area contributed by atoms with E-state index in [0.29, 0.717) is 17.7 Å². The number of hydrogen-bond donors (Lipinski definition) is 3. The maximum absolute atomic E-state index is 12.1. The number of carboxylic acids is 1. The number of nitrogens with one attached hydrogen (secondary N) is 2. The molecule has 24 heavy (non-hydrogen) atoms. The lowest BCUT2D eigenvalue weighted by atomic mass is 9.86. The molecule has 1 aromatic rings. The topological polar surface area (TPSA) is 95.5 Å². The van der Waals surface area contributed by atoms with Crippen molar-refractivity contribution in [2.45, 2.75) is 51.0 Å². The number of rotatable bonds is 6. The lowest BCUT2D eigenvalue weighted by Crippen LogP contribution is -2.44. The Labute approximate surface area is 145 Å². The van der Waals surface area contributed by atoms with Gasteiger partial charge in [-0.15, -0.1) is 11.3 Å². The highest BCUT2D eigenvalue weighted by Crippen LogP contribution is 2.23. The van der Waals surface area contributed by atoms with Gasteiger partial charge in [-0.3, -0.25) is 14.4 Å². The van der Waals surface area contributed by atoms with Crippen molar-refractivity contribution >= 4 is 29.1 Å². The van der Waals surface area contributed by atoms with Gasteiger partial charge in [0.1, 0.15) is 0 Å². The molecule has 132 valence electrons. The number of amides is 2. The third kappa shape index (κ3) is 5.63. The molecule has 0 aromatic carbocycles. The number of hydrogen-bond acceptors (Lipinski definition) is 4. The van der Waals surface area contributed by atoms with E-state index in [1.807, 2.05) is 5.38 Å². The molecule has 2 rings (SSSR count). The fraction of sp³-hybridized carbons (Fsp3) is 0.588. The van der Waals surface area contributed by atoms with Crippen molar-refractivity contribution in [2.75, 3.05) is 6.54 Å². The van der Waals surface area contributed by atoms with Gasteiger partial charge in [-0.05, 0) is 24.3 Å². The SMILES string of the molecule is O=C(CCNC(=O)c1cccs1)NC1CCCCCCC1C(=O)O. The van der Waals surface area contributed by atoms with Crippen LogP contribution in [0.5, 0.6) is 0 Å². The molecule has 2 unspecified atom stereocenters. The Morgan fingerprint density at radius 2 is 1.92 bits per heavy atom. The first-order chi connectivity index (χ1) is 11.6. The Hall–Kier alpha value is -1.89. The maximum Gasteiger partial charge on any atom is 0.308 e. The van der Waals surface area contributed by atoms with Crippen LogP contribution in [0.25, 0.3) is 0 Å². The molecule has 3 N–H and O–H groups in total. The van der Waals surface area contributed by atoms with Gasteiger partial charge in [0, 0.05) is 19.0 Å². The van der Waals surface area contributed by atoms with E-state index in [4.69, 9.17) is 0 Å². The molecule has 0 bridgehead atoms. The van der Waals surface area contributed by atoms with Crippen LogP contribution in [0.15, 0.2) is 17.5 Å². The lowest BCUT2D eigenvalue weighted by Gasteiger charge is -2.27. The Morgan fingerprint density at radius 3 is 2.58 bits per heavy atom. The first kappa shape index (κ1) is 18.4. The van der Waals surface area contributed by atoms with Crippen molar-refractivity contribution in [3.63, 3.8) is 0 Å². The second-order valence-electron chi connectivity index (χ2n) is 6.09. The molecule has 0 aliphatic heterocycles. The summed E-state index contributed by atoms with van der Waals surface area (Å²) in [6.45, 7) is 0.243. The number of carbonyl (C=O) groups is 3. The summed E-state index contributed by atoms with van der Waals surface area (Å²) in [5.74, 6) is -1.76. The molecule has 1 aliphatic carbocycles. The molecule has 1 saturated carbocycles. The smallest absolute Gasteiger partial charge is 0.308 e. The van der Waals surface area contributed by atoms with Crippen LogP contribution in [0.3, 0.4) is 0 Å². The van der Waals surface area contributed by atoms with Gasteiger partial charge in [-0.1, -0.05) is 31.7 Å². The van der Waals surface area contributed by atoms with Gasteiger partial charge in [0.15, 0.2) is 0 Å². The van der Waals surface area contributed by atoms with Gasteiger partial charge < -0.3 is 15.7 Å². The molecule has 0 saturated heterocycles. The summed E-state index contributed by atoms with van der Waals surface area (Å²) in [5.41, 5.74) is 0. The van der Waals surface area contributed by atoms with E-state index in [9.17, 15) is 19.5 Å². The average molecular weight is 352 g/mol. The van der Waals surface area contributed by atoms with Gasteiger partial charge in [0.2, 0.25) is 5.91 Å². The van der Waals surface area contributed by atoms with Gasteiger partial charge in [-0.2, -0.15) is 0 Å². The van der Waals surface area contributed by atoms with Crippen molar-refractivity contribution in [1.29, 1.82) is 0 Å². The first-order valence-corrected chi connectivity index (χ1v) is 9.30. The summed E-state index contributed by atoms with van der Waals surface area (Å²) < 4.78 is 0. The van der Waals surface area contributed by atoms with Crippen LogP contribution in [0.1, 0.15) is 54.6 Å². The fourth-order valence-corrected chi connectivity index (χ4v) is 3.66. The highest BCUT2D eigenvalue weighted by molar-refractivity contribution is 7.12. The van der Waals surface area contributed by atoms with E-state index in [-0.39, 0.29) is 30.8 Å². The largest absolute Gasteiger partial charge is 0.481 e. The Balaban J connectivity index is 1.78. The average Bonchev–Trinajstić information content (AvgIpc) is 3.04. The van der Waals surface area contributed by atoms with Crippen LogP contribution in [-0.4, -0.2) is 35.5 Å². The molecule has 1 aromatic heterocycles. The zero-order valence-corrected chi connectivity index (χ0v) is 14.4. The second-order valence-corrected chi connectivity index (χ2v) is 7.04. The minimum absolute atomic E-state index is 0.153. The van der Waals surface area contributed by atoms with E-state index in [1.165, 1.54) is 11.3 Å². The third-order valence-electron chi connectivity index (χ3n) is 4.31. The summed E-state index contributed by atoms with van der Waals surface area (Å²) in [7, 11) is 0. The minimum Gasteiger partial charge on any atom is -0.481 e. The Bertz CT molecular complexity index is 559. The van der Waals surface area contributed by atoms with E-state index in [2.05, 4.69) is 10.6 Å². The monoisotopic (exact) mass is 352 g/mol. The predicted molar refractivity (Wildman–Crippen MR) is 92.0 cm³/mol. The molecule has 1 aliphatic rings. The summed E-state index contributed by atoms with van der Waals surface area (Å²) in [6.07, 6.45) is 5.42. The zero-order chi connectivity index (χ0) is 17.4. The summed E-state index contributed by atoms with van der Waals surface area (Å²) >= 11 is 1.35. The first-order valence-electron chi connectivity index (χ1n) is 8.42. The molecular formula is C17H24N2O4S. The zero-order valence-electron chi connectivity index (χ0n) is 13.6. The number of carboxylic acid groups (broad SMARTS) is 1. The molecule has 1 heterocycles. The summed E-state index contributed by atoms with van der Waals surface area (Å²) in [4.78, 5) is 35.9. The molecule has 7 heteroatoms. The number of thiophene rings is 1. The van der Waals surface area contributed by atoms with Crippen LogP contribution in [0, 0.1) is 5.92 Å². The summed E-state index contributed by atoms with van der Waals surface area (Å²) in [5, 5.41) is 16.8. The van der Waals surface area contributed by atoms with Crippen LogP contribution < -0.4 is 10.6 Å². The van der Waals surface area contributed by atoms with Crippen LogP contribution in [-0.2, 0) is 9.59 Å². The highest BCUT2D eigenvalue weighted by Gasteiger charge is 2.29. The molecule has 0 radical (unpaired) electrons. The van der Waals surface area contributed by atoms with Crippen LogP contribution in [0.4, 0.5) is 0 Å². The molecule has 6 nitrogen and oxygen atoms in total. The third-order valence-corrected chi connectivity index (χ3v) is 5.18. The van der Waals surface area contributed by atoms with Gasteiger partial charge in [0.25, 0.3) is 5.91 Å². The second kappa shape index (κ2) is 9.42. The van der Waals surface area contributed by atoms with Gasteiger partial charge in [-0.25, -0.2) is 0 Å². The Kier molecular flexibility index (Phi) is 7.24. The normalized spacial score (nSPS) is 21.3. The van der Waals surface area contributed by atoms with E-state index in [1.54, 1.807) is 12.1 Å². The minimum atomic E-state index is -0.840. The number of aliphatic carboxylic acids is 1. The lowest BCUT2D eigenvalue weighted by molar-refractivity contribution is -0.143. The molecule has 1 fully saturated rings. The van der Waals surface area contributed by atoms with Gasteiger partial charge in [0.05, 0.1) is 10.8 Å². The van der Waals surface area contributed by atoms with Crippen LogP contribution >= 0.6 is 11.3 Å². The molecule has 2 amide bonds. The van der Waals surface area contributed by atoms with Crippen molar-refractivity contribution in [3.05, 3.63) is 22.4 Å². The maximum atomic E-state index is 12.1. The number of carbonyl (C=O) groups excluding carboxylic acids is 2. The Morgan fingerprint density at radius 1 is 1.17 bits per heavy atom. The van der Waals surface area contributed by atoms with Crippen LogP contribution in [0.2, 0.25) is 0 Å². The van der Waals surface area contributed by atoms with E-state index < -0.39 is 11.9 Å².